The summed E-state index contributed by atoms with van der Waals surface area (Å²) in [5.41, 5.74) is 3.89. The molecule has 148 valence electrons. The number of carbonyl (C=O) groups is 1. The number of ketones is 1. The van der Waals surface area contributed by atoms with E-state index in [1.807, 2.05) is 24.3 Å². The van der Waals surface area contributed by atoms with Gasteiger partial charge in [0.25, 0.3) is 0 Å². The number of aryl methyl sites for hydroxylation is 1. The minimum Gasteiger partial charge on any atom is -0.486 e. The molecule has 0 aromatic heterocycles. The Morgan fingerprint density at radius 2 is 1.97 bits per heavy atom. The maximum absolute atomic E-state index is 12.8. The van der Waals surface area contributed by atoms with Gasteiger partial charge in [0.2, 0.25) is 0 Å². The molecule has 1 atom stereocenters. The number of Topliss-reactive ketones (excluding diaryl/α,β-unsaturated/α-hetero) is 1. The lowest BCUT2D eigenvalue weighted by Gasteiger charge is -2.46. The standard InChI is InChI=1S/C24H23IN2O2/c25-19-4-6-23-21(13-19)22(28)14-24(29-23)7-9-27(10-8-24)20-5-3-17-11-16(15-26)1-2-18(17)12-20/h1-2,4,6,11,13,20H,3,5,7-10,12,14H2/t20-/m1/s1. The van der Waals surface area contributed by atoms with Crippen LogP contribution in [-0.4, -0.2) is 35.4 Å². The van der Waals surface area contributed by atoms with Gasteiger partial charge in [0.1, 0.15) is 11.4 Å². The zero-order chi connectivity index (χ0) is 20.0. The highest BCUT2D eigenvalue weighted by Gasteiger charge is 2.44. The normalized spacial score (nSPS) is 23.0. The van der Waals surface area contributed by atoms with E-state index >= 15 is 0 Å². The maximum Gasteiger partial charge on any atom is 0.170 e. The summed E-state index contributed by atoms with van der Waals surface area (Å²) in [5.74, 6) is 0.980. The number of fused-ring (bicyclic) bond motifs is 2. The first-order valence-corrected chi connectivity index (χ1v) is 11.4. The van der Waals surface area contributed by atoms with E-state index in [4.69, 9.17) is 10.00 Å². The summed E-state index contributed by atoms with van der Waals surface area (Å²) < 4.78 is 7.49. The molecule has 0 saturated carbocycles. The molecule has 0 bridgehead atoms. The summed E-state index contributed by atoms with van der Waals surface area (Å²) in [6.45, 7) is 1.95. The quantitative estimate of drug-likeness (QED) is 0.543. The molecule has 1 spiro atoms. The monoisotopic (exact) mass is 498 g/mol. The second-order valence-electron chi connectivity index (χ2n) is 8.55. The van der Waals surface area contributed by atoms with E-state index in [0.717, 1.165) is 65.6 Å². The van der Waals surface area contributed by atoms with Crippen LogP contribution in [0.4, 0.5) is 0 Å². The first-order chi connectivity index (χ1) is 14.0. The van der Waals surface area contributed by atoms with Crippen molar-refractivity contribution in [3.63, 3.8) is 0 Å². The van der Waals surface area contributed by atoms with Gasteiger partial charge < -0.3 is 4.74 Å². The number of hydrogen-bond acceptors (Lipinski definition) is 4. The highest BCUT2D eigenvalue weighted by molar-refractivity contribution is 14.1. The molecule has 3 aliphatic rings. The minimum absolute atomic E-state index is 0.220. The van der Waals surface area contributed by atoms with Crippen LogP contribution in [0, 0.1) is 14.9 Å². The van der Waals surface area contributed by atoms with Crippen LogP contribution in [-0.2, 0) is 12.8 Å². The van der Waals surface area contributed by atoms with Crippen LogP contribution < -0.4 is 4.74 Å². The molecule has 5 heteroatoms. The van der Waals surface area contributed by atoms with Gasteiger partial charge in [-0.2, -0.15) is 5.26 Å². The number of piperidine rings is 1. The number of likely N-dealkylation sites (tertiary alicyclic amines) is 1. The third kappa shape index (κ3) is 3.57. The minimum atomic E-state index is -0.332. The van der Waals surface area contributed by atoms with E-state index in [2.05, 4.69) is 45.7 Å². The lowest BCUT2D eigenvalue weighted by molar-refractivity contribution is -0.0201. The molecule has 4 nitrogen and oxygen atoms in total. The summed E-state index contributed by atoms with van der Waals surface area (Å²) in [5, 5.41) is 9.11. The zero-order valence-corrected chi connectivity index (χ0v) is 18.4. The maximum atomic E-state index is 12.8. The fourth-order valence-electron chi connectivity index (χ4n) is 5.16. The molecular weight excluding hydrogens is 475 g/mol. The first-order valence-electron chi connectivity index (χ1n) is 10.3. The number of hydrogen-bond donors (Lipinski definition) is 0. The summed E-state index contributed by atoms with van der Waals surface area (Å²) in [6, 6.07) is 14.8. The number of nitrogens with zero attached hydrogens (tertiary/aromatic N) is 2. The number of benzene rings is 2. The Morgan fingerprint density at radius 1 is 1.14 bits per heavy atom. The van der Waals surface area contributed by atoms with E-state index < -0.39 is 0 Å². The van der Waals surface area contributed by atoms with Crippen molar-refractivity contribution in [3.05, 3.63) is 62.2 Å². The van der Waals surface area contributed by atoms with Gasteiger partial charge in [-0.05, 0) is 83.3 Å². The molecule has 5 rings (SSSR count). The summed E-state index contributed by atoms with van der Waals surface area (Å²) >= 11 is 2.24. The molecule has 1 fully saturated rings. The second-order valence-corrected chi connectivity index (χ2v) is 9.80. The lowest BCUT2D eigenvalue weighted by Crippen LogP contribution is -2.54. The van der Waals surface area contributed by atoms with Crippen LogP contribution in [0.15, 0.2) is 36.4 Å². The Bertz CT molecular complexity index is 1020. The van der Waals surface area contributed by atoms with Crippen molar-refractivity contribution in [2.24, 2.45) is 0 Å². The summed E-state index contributed by atoms with van der Waals surface area (Å²) in [6.07, 6.45) is 5.53. The van der Waals surface area contributed by atoms with Gasteiger partial charge in [-0.15, -0.1) is 0 Å². The molecule has 0 amide bonds. The number of ether oxygens (including phenoxy) is 1. The van der Waals surface area contributed by atoms with E-state index in [1.165, 1.54) is 11.1 Å². The van der Waals surface area contributed by atoms with E-state index in [1.54, 1.807) is 0 Å². The number of halogens is 1. The van der Waals surface area contributed by atoms with Crippen molar-refractivity contribution in [2.75, 3.05) is 13.1 Å². The smallest absolute Gasteiger partial charge is 0.170 e. The number of carbonyl (C=O) groups excluding carboxylic acids is 1. The fourth-order valence-corrected chi connectivity index (χ4v) is 5.65. The highest BCUT2D eigenvalue weighted by Crippen LogP contribution is 2.40. The van der Waals surface area contributed by atoms with Crippen molar-refractivity contribution in [2.45, 2.75) is 50.2 Å². The van der Waals surface area contributed by atoms with Gasteiger partial charge >= 0.3 is 0 Å². The second kappa shape index (κ2) is 7.41. The van der Waals surface area contributed by atoms with E-state index in [9.17, 15) is 4.79 Å². The van der Waals surface area contributed by atoms with Crippen LogP contribution in [0.5, 0.6) is 5.75 Å². The third-order valence-electron chi connectivity index (χ3n) is 6.81. The molecular formula is C24H23IN2O2. The first kappa shape index (κ1) is 19.1. The fraction of sp³-hybridized carbons (Fsp3) is 0.417. The van der Waals surface area contributed by atoms with E-state index in [-0.39, 0.29) is 11.4 Å². The van der Waals surface area contributed by atoms with Gasteiger partial charge in [0, 0.05) is 35.5 Å². The molecule has 2 aliphatic heterocycles. The molecule has 0 N–H and O–H groups in total. The number of rotatable bonds is 1. The van der Waals surface area contributed by atoms with Gasteiger partial charge in [0.15, 0.2) is 5.78 Å². The van der Waals surface area contributed by atoms with Crippen molar-refractivity contribution in [1.29, 1.82) is 5.26 Å². The Morgan fingerprint density at radius 3 is 2.76 bits per heavy atom. The lowest BCUT2D eigenvalue weighted by atomic mass is 9.80. The van der Waals surface area contributed by atoms with Crippen LogP contribution in [0.1, 0.15) is 52.7 Å². The van der Waals surface area contributed by atoms with Crippen LogP contribution in [0.3, 0.4) is 0 Å². The summed E-state index contributed by atoms with van der Waals surface area (Å²) in [4.78, 5) is 15.4. The van der Waals surface area contributed by atoms with Crippen molar-refractivity contribution in [3.8, 4) is 11.8 Å². The summed E-state index contributed by atoms with van der Waals surface area (Å²) in [7, 11) is 0. The highest BCUT2D eigenvalue weighted by atomic mass is 127. The van der Waals surface area contributed by atoms with Crippen molar-refractivity contribution in [1.82, 2.24) is 4.90 Å². The predicted octanol–water partition coefficient (Wildman–Crippen LogP) is 4.52. The Kier molecular flexibility index (Phi) is 4.87. The van der Waals surface area contributed by atoms with Gasteiger partial charge in [-0.1, -0.05) is 6.07 Å². The molecule has 29 heavy (non-hydrogen) atoms. The average molecular weight is 498 g/mol. The van der Waals surface area contributed by atoms with Crippen LogP contribution in [0.2, 0.25) is 0 Å². The Hall–Kier alpha value is -1.91. The Labute approximate surface area is 185 Å². The SMILES string of the molecule is N#Cc1ccc2c(c1)CC[C@@H](N1CCC3(CC1)CC(=O)c1cc(I)ccc1O3)C2. The van der Waals surface area contributed by atoms with Crippen molar-refractivity contribution < 1.29 is 9.53 Å². The molecule has 1 saturated heterocycles. The zero-order valence-electron chi connectivity index (χ0n) is 16.3. The largest absolute Gasteiger partial charge is 0.486 e. The molecule has 0 radical (unpaired) electrons. The van der Waals surface area contributed by atoms with Crippen molar-refractivity contribution >= 4 is 28.4 Å². The third-order valence-corrected chi connectivity index (χ3v) is 7.49. The molecule has 2 aromatic carbocycles. The van der Waals surface area contributed by atoms with Gasteiger partial charge in [-0.3, -0.25) is 9.69 Å². The molecule has 2 heterocycles. The average Bonchev–Trinajstić information content (AvgIpc) is 2.74. The van der Waals surface area contributed by atoms with Crippen LogP contribution >= 0.6 is 22.6 Å². The number of nitriles is 1. The topological polar surface area (TPSA) is 53.3 Å². The van der Waals surface area contributed by atoms with Crippen LogP contribution in [0.25, 0.3) is 0 Å². The van der Waals surface area contributed by atoms with Gasteiger partial charge in [-0.25, -0.2) is 0 Å². The van der Waals surface area contributed by atoms with Gasteiger partial charge in [0.05, 0.1) is 23.6 Å². The molecule has 0 unspecified atom stereocenters. The molecule has 2 aromatic rings. The van der Waals surface area contributed by atoms with E-state index in [0.29, 0.717) is 12.5 Å². The molecule has 1 aliphatic carbocycles. The predicted molar refractivity (Wildman–Crippen MR) is 119 cm³/mol. The Balaban J connectivity index is 1.27.